The molecular weight excluding hydrogens is 234 g/mol. The lowest BCUT2D eigenvalue weighted by molar-refractivity contribution is -0.154. The fraction of sp³-hybridized carbons (Fsp3) is 0.833. The maximum atomic E-state index is 12.1. The van der Waals surface area contributed by atoms with Gasteiger partial charge in [-0.2, -0.15) is 0 Å². The Hall–Kier alpha value is -1.14. The first-order chi connectivity index (χ1) is 8.72. The van der Waals surface area contributed by atoms with Gasteiger partial charge < -0.3 is 19.9 Å². The number of carbonyl (C=O) groups excluding carboxylic acids is 2. The predicted octanol–water partition coefficient (Wildman–Crippen LogP) is -0.944. The first-order valence-electron chi connectivity index (χ1n) is 6.54. The molecule has 0 aromatic carbocycles. The van der Waals surface area contributed by atoms with E-state index < -0.39 is 0 Å². The molecule has 0 bridgehead atoms. The number of piperazine rings is 1. The van der Waals surface area contributed by atoms with E-state index in [1.807, 2.05) is 0 Å². The summed E-state index contributed by atoms with van der Waals surface area (Å²) in [6, 6.07) is 0. The molecule has 2 aliphatic heterocycles. The lowest BCUT2D eigenvalue weighted by Crippen LogP contribution is -2.54. The Bertz CT molecular complexity index is 316. The second kappa shape index (κ2) is 6.15. The van der Waals surface area contributed by atoms with E-state index >= 15 is 0 Å². The van der Waals surface area contributed by atoms with Gasteiger partial charge in [0.15, 0.2) is 0 Å². The third-order valence-electron chi connectivity index (χ3n) is 3.59. The smallest absolute Gasteiger partial charge is 0.312 e. The van der Waals surface area contributed by atoms with Gasteiger partial charge >= 0.3 is 11.8 Å². The number of amides is 2. The molecule has 0 spiro atoms. The molecule has 102 valence electrons. The van der Waals surface area contributed by atoms with Crippen LogP contribution in [-0.2, 0) is 14.3 Å². The molecule has 6 heteroatoms. The number of ether oxygens (including phenoxy) is 1. The van der Waals surface area contributed by atoms with Crippen LogP contribution in [0.5, 0.6) is 0 Å². The normalized spacial score (nSPS) is 25.1. The zero-order chi connectivity index (χ0) is 13.0. The summed E-state index contributed by atoms with van der Waals surface area (Å²) < 4.78 is 5.27. The van der Waals surface area contributed by atoms with Crippen molar-refractivity contribution in [2.24, 2.45) is 0 Å². The minimum absolute atomic E-state index is 0.0681. The molecule has 2 aliphatic rings. The first-order valence-corrected chi connectivity index (χ1v) is 6.54. The molecule has 2 rings (SSSR count). The van der Waals surface area contributed by atoms with E-state index in [0.717, 1.165) is 25.9 Å². The Labute approximate surface area is 107 Å². The van der Waals surface area contributed by atoms with Crippen molar-refractivity contribution in [1.82, 2.24) is 15.1 Å². The molecule has 2 saturated heterocycles. The molecule has 1 N–H and O–H groups in total. The number of rotatable bonds is 1. The summed E-state index contributed by atoms with van der Waals surface area (Å²) in [5.41, 5.74) is 0. The van der Waals surface area contributed by atoms with E-state index in [1.165, 1.54) is 0 Å². The highest BCUT2D eigenvalue weighted by atomic mass is 16.5. The first kappa shape index (κ1) is 13.3. The number of methoxy groups -OCH3 is 1. The van der Waals surface area contributed by atoms with Crippen molar-refractivity contribution in [2.45, 2.75) is 18.9 Å². The Morgan fingerprint density at radius 3 is 2.44 bits per heavy atom. The molecule has 2 fully saturated rings. The van der Waals surface area contributed by atoms with Crippen molar-refractivity contribution < 1.29 is 14.3 Å². The Morgan fingerprint density at radius 2 is 1.78 bits per heavy atom. The van der Waals surface area contributed by atoms with E-state index in [1.54, 1.807) is 16.9 Å². The van der Waals surface area contributed by atoms with Gasteiger partial charge in [0.25, 0.3) is 0 Å². The number of likely N-dealkylation sites (tertiary alicyclic amines) is 1. The van der Waals surface area contributed by atoms with Gasteiger partial charge in [-0.3, -0.25) is 9.59 Å². The number of nitrogens with one attached hydrogen (secondary N) is 1. The molecule has 2 amide bonds. The van der Waals surface area contributed by atoms with Crippen LogP contribution in [0.3, 0.4) is 0 Å². The van der Waals surface area contributed by atoms with Gasteiger partial charge in [-0.1, -0.05) is 0 Å². The molecule has 0 aliphatic carbocycles. The summed E-state index contributed by atoms with van der Waals surface area (Å²) in [4.78, 5) is 27.4. The summed E-state index contributed by atoms with van der Waals surface area (Å²) in [5, 5.41) is 3.17. The highest BCUT2D eigenvalue weighted by molar-refractivity contribution is 6.34. The van der Waals surface area contributed by atoms with Crippen LogP contribution in [0, 0.1) is 0 Å². The SMILES string of the molecule is COC1CCCN(C(=O)C(=O)N2CCNCC2)C1. The van der Waals surface area contributed by atoms with Gasteiger partial charge in [0.1, 0.15) is 0 Å². The lowest BCUT2D eigenvalue weighted by Gasteiger charge is -2.34. The van der Waals surface area contributed by atoms with Crippen LogP contribution in [0.4, 0.5) is 0 Å². The maximum absolute atomic E-state index is 12.1. The average molecular weight is 255 g/mol. The fourth-order valence-electron chi connectivity index (χ4n) is 2.45. The van der Waals surface area contributed by atoms with Crippen molar-refractivity contribution in [3.05, 3.63) is 0 Å². The Balaban J connectivity index is 1.91. The molecule has 1 atom stereocenters. The van der Waals surface area contributed by atoms with Crippen LogP contribution in [0.25, 0.3) is 0 Å². The van der Waals surface area contributed by atoms with Gasteiger partial charge in [0.2, 0.25) is 0 Å². The number of nitrogens with zero attached hydrogens (tertiary/aromatic N) is 2. The standard InChI is InChI=1S/C12H21N3O3/c1-18-10-3-2-6-15(9-10)12(17)11(16)14-7-4-13-5-8-14/h10,13H,2-9H2,1H3. The molecule has 2 heterocycles. The van der Waals surface area contributed by atoms with Crippen LogP contribution in [-0.4, -0.2) is 74.1 Å². The zero-order valence-corrected chi connectivity index (χ0v) is 10.9. The van der Waals surface area contributed by atoms with Crippen LogP contribution >= 0.6 is 0 Å². The summed E-state index contributed by atoms with van der Waals surface area (Å²) in [5.74, 6) is -0.744. The van der Waals surface area contributed by atoms with Gasteiger partial charge in [-0.05, 0) is 12.8 Å². The van der Waals surface area contributed by atoms with Gasteiger partial charge in [0.05, 0.1) is 6.10 Å². The number of carbonyl (C=O) groups is 2. The third kappa shape index (κ3) is 3.00. The van der Waals surface area contributed by atoms with Crippen molar-refractivity contribution >= 4 is 11.8 Å². The van der Waals surface area contributed by atoms with Crippen molar-refractivity contribution in [3.8, 4) is 0 Å². The van der Waals surface area contributed by atoms with Crippen LogP contribution in [0.2, 0.25) is 0 Å². The fourth-order valence-corrected chi connectivity index (χ4v) is 2.45. The monoisotopic (exact) mass is 255 g/mol. The van der Waals surface area contributed by atoms with Crippen LogP contribution < -0.4 is 5.32 Å². The van der Waals surface area contributed by atoms with Crippen LogP contribution in [0.1, 0.15) is 12.8 Å². The summed E-state index contributed by atoms with van der Waals surface area (Å²) in [7, 11) is 1.65. The van der Waals surface area contributed by atoms with Crippen LogP contribution in [0.15, 0.2) is 0 Å². The maximum Gasteiger partial charge on any atom is 0.312 e. The summed E-state index contributed by atoms with van der Waals surface area (Å²) >= 11 is 0. The Kier molecular flexibility index (Phi) is 4.54. The quantitative estimate of drug-likeness (QED) is 0.614. The second-order valence-electron chi connectivity index (χ2n) is 4.79. The zero-order valence-electron chi connectivity index (χ0n) is 10.9. The van der Waals surface area contributed by atoms with Crippen molar-refractivity contribution in [1.29, 1.82) is 0 Å². The largest absolute Gasteiger partial charge is 0.380 e. The lowest BCUT2D eigenvalue weighted by atomic mass is 10.1. The molecule has 0 radical (unpaired) electrons. The molecule has 1 unspecified atom stereocenters. The second-order valence-corrected chi connectivity index (χ2v) is 4.79. The molecule has 0 saturated carbocycles. The van der Waals surface area contributed by atoms with Gasteiger partial charge in [-0.25, -0.2) is 0 Å². The third-order valence-corrected chi connectivity index (χ3v) is 3.59. The topological polar surface area (TPSA) is 61.9 Å². The van der Waals surface area contributed by atoms with E-state index in [2.05, 4.69) is 5.32 Å². The van der Waals surface area contributed by atoms with E-state index in [9.17, 15) is 9.59 Å². The molecule has 0 aromatic heterocycles. The average Bonchev–Trinajstić information content (AvgIpc) is 2.46. The Morgan fingerprint density at radius 1 is 1.11 bits per heavy atom. The molecule has 18 heavy (non-hydrogen) atoms. The minimum Gasteiger partial charge on any atom is -0.380 e. The van der Waals surface area contributed by atoms with Crippen molar-refractivity contribution in [2.75, 3.05) is 46.4 Å². The predicted molar refractivity (Wildman–Crippen MR) is 66.1 cm³/mol. The van der Waals surface area contributed by atoms with Crippen molar-refractivity contribution in [3.63, 3.8) is 0 Å². The van der Waals surface area contributed by atoms with Gasteiger partial charge in [0, 0.05) is 46.4 Å². The summed E-state index contributed by atoms with van der Waals surface area (Å²) in [6.07, 6.45) is 1.93. The van der Waals surface area contributed by atoms with Gasteiger partial charge in [-0.15, -0.1) is 0 Å². The number of hydrogen-bond donors (Lipinski definition) is 1. The molecular formula is C12H21N3O3. The van der Waals surface area contributed by atoms with E-state index in [4.69, 9.17) is 4.74 Å². The molecule has 0 aromatic rings. The number of piperidine rings is 1. The number of hydrogen-bond acceptors (Lipinski definition) is 4. The summed E-state index contributed by atoms with van der Waals surface area (Å²) in [6.45, 7) is 3.96. The molecule has 6 nitrogen and oxygen atoms in total. The van der Waals surface area contributed by atoms with E-state index in [-0.39, 0.29) is 17.9 Å². The van der Waals surface area contributed by atoms with E-state index in [0.29, 0.717) is 26.2 Å². The highest BCUT2D eigenvalue weighted by Gasteiger charge is 2.31. The highest BCUT2D eigenvalue weighted by Crippen LogP contribution is 2.13. The minimum atomic E-state index is -0.376.